The zero-order valence-corrected chi connectivity index (χ0v) is 17.4. The molecule has 0 spiro atoms. The molecule has 29 heavy (non-hydrogen) atoms. The quantitative estimate of drug-likeness (QED) is 0.618. The van der Waals surface area contributed by atoms with Gasteiger partial charge in [0.2, 0.25) is 5.43 Å². The molecule has 0 saturated carbocycles. The number of carbonyl (C=O) groups is 1. The maximum atomic E-state index is 12.9. The SMILES string of the molecule is Cc1c(N2COCC2(C)C)c([N+](=O)[O-])cc2c(=O)c(C(=O)O)cn(C(C)(C)C)c12. The Bertz CT molecular complexity index is 1090. The number of hydrogen-bond acceptors (Lipinski definition) is 6. The highest BCUT2D eigenvalue weighted by molar-refractivity contribution is 5.97. The zero-order chi connectivity index (χ0) is 21.9. The minimum Gasteiger partial charge on any atom is -0.477 e. The van der Waals surface area contributed by atoms with Gasteiger partial charge < -0.3 is 19.3 Å². The van der Waals surface area contributed by atoms with Crippen LogP contribution in [0.1, 0.15) is 50.5 Å². The van der Waals surface area contributed by atoms with E-state index in [2.05, 4.69) is 0 Å². The second kappa shape index (κ2) is 6.55. The lowest BCUT2D eigenvalue weighted by Gasteiger charge is -2.33. The smallest absolute Gasteiger partial charge is 0.341 e. The molecule has 1 fully saturated rings. The van der Waals surface area contributed by atoms with Crippen molar-refractivity contribution in [3.63, 3.8) is 0 Å². The Morgan fingerprint density at radius 3 is 2.41 bits per heavy atom. The molecule has 1 aromatic heterocycles. The molecule has 0 bridgehead atoms. The summed E-state index contributed by atoms with van der Waals surface area (Å²) in [6, 6.07) is 1.20. The summed E-state index contributed by atoms with van der Waals surface area (Å²) in [6.07, 6.45) is 1.32. The maximum Gasteiger partial charge on any atom is 0.341 e. The molecule has 1 N–H and O–H groups in total. The van der Waals surface area contributed by atoms with Gasteiger partial charge in [-0.15, -0.1) is 0 Å². The number of nitro benzene ring substituents is 1. The number of aryl methyl sites for hydroxylation is 1. The van der Waals surface area contributed by atoms with Crippen molar-refractivity contribution in [2.24, 2.45) is 0 Å². The molecule has 1 aliphatic heterocycles. The van der Waals surface area contributed by atoms with Crippen molar-refractivity contribution in [3.8, 4) is 0 Å². The van der Waals surface area contributed by atoms with Gasteiger partial charge in [-0.05, 0) is 41.5 Å². The van der Waals surface area contributed by atoms with Gasteiger partial charge in [-0.1, -0.05) is 0 Å². The number of nitrogens with zero attached hydrogens (tertiary/aromatic N) is 3. The van der Waals surface area contributed by atoms with Gasteiger partial charge in [0.25, 0.3) is 5.69 Å². The van der Waals surface area contributed by atoms with E-state index in [1.807, 2.05) is 39.5 Å². The fourth-order valence-corrected chi connectivity index (χ4v) is 3.83. The average Bonchev–Trinajstić information content (AvgIpc) is 2.92. The van der Waals surface area contributed by atoms with Crippen molar-refractivity contribution in [1.82, 2.24) is 4.57 Å². The van der Waals surface area contributed by atoms with Gasteiger partial charge in [-0.3, -0.25) is 14.9 Å². The van der Waals surface area contributed by atoms with Gasteiger partial charge in [-0.2, -0.15) is 0 Å². The summed E-state index contributed by atoms with van der Waals surface area (Å²) in [5.41, 5.74) is -1.03. The zero-order valence-electron chi connectivity index (χ0n) is 17.4. The molecule has 2 aromatic rings. The Kier molecular flexibility index (Phi) is 4.69. The molecular weight excluding hydrogens is 378 g/mol. The van der Waals surface area contributed by atoms with Crippen LogP contribution in [0.4, 0.5) is 11.4 Å². The van der Waals surface area contributed by atoms with Gasteiger partial charge in [0.1, 0.15) is 18.0 Å². The number of benzene rings is 1. The highest BCUT2D eigenvalue weighted by Crippen LogP contribution is 2.42. The van der Waals surface area contributed by atoms with Gasteiger partial charge >= 0.3 is 5.97 Å². The summed E-state index contributed by atoms with van der Waals surface area (Å²) < 4.78 is 7.27. The van der Waals surface area contributed by atoms with E-state index in [9.17, 15) is 24.8 Å². The van der Waals surface area contributed by atoms with Crippen LogP contribution < -0.4 is 10.3 Å². The largest absolute Gasteiger partial charge is 0.477 e. The first kappa shape index (κ1) is 20.8. The van der Waals surface area contributed by atoms with Crippen LogP contribution in [0, 0.1) is 17.0 Å². The third-order valence-electron chi connectivity index (χ3n) is 5.30. The molecule has 3 rings (SSSR count). The molecule has 156 valence electrons. The lowest BCUT2D eigenvalue weighted by molar-refractivity contribution is -0.384. The van der Waals surface area contributed by atoms with E-state index in [-0.39, 0.29) is 17.8 Å². The van der Waals surface area contributed by atoms with E-state index in [1.54, 1.807) is 11.5 Å². The van der Waals surface area contributed by atoms with Crippen LogP contribution in [-0.4, -0.2) is 39.4 Å². The second-order valence-electron chi connectivity index (χ2n) is 8.96. The molecule has 1 aromatic carbocycles. The molecule has 0 radical (unpaired) electrons. The van der Waals surface area contributed by atoms with Crippen LogP contribution in [0.15, 0.2) is 17.1 Å². The monoisotopic (exact) mass is 403 g/mol. The van der Waals surface area contributed by atoms with E-state index in [1.165, 1.54) is 12.3 Å². The number of nitro groups is 1. The molecule has 1 aliphatic rings. The van der Waals surface area contributed by atoms with Crippen molar-refractivity contribution in [1.29, 1.82) is 0 Å². The maximum absolute atomic E-state index is 12.9. The first-order valence-corrected chi connectivity index (χ1v) is 9.24. The lowest BCUT2D eigenvalue weighted by atomic mass is 9.97. The number of hydrogen-bond donors (Lipinski definition) is 1. The number of rotatable bonds is 3. The minimum absolute atomic E-state index is 0.0192. The van der Waals surface area contributed by atoms with Crippen LogP contribution in [0.3, 0.4) is 0 Å². The molecule has 0 aliphatic carbocycles. The Hall–Kier alpha value is -2.94. The van der Waals surface area contributed by atoms with E-state index < -0.39 is 33.0 Å². The molecular formula is C20H25N3O6. The normalized spacial score (nSPS) is 16.4. The number of pyridine rings is 1. The van der Waals surface area contributed by atoms with E-state index in [0.29, 0.717) is 23.4 Å². The Balaban J connectivity index is 2.55. The van der Waals surface area contributed by atoms with Crippen LogP contribution in [0.2, 0.25) is 0 Å². The predicted molar refractivity (Wildman–Crippen MR) is 109 cm³/mol. The van der Waals surface area contributed by atoms with E-state index in [0.717, 1.165) is 0 Å². The summed E-state index contributed by atoms with van der Waals surface area (Å²) >= 11 is 0. The first-order chi connectivity index (χ1) is 13.3. The molecule has 2 heterocycles. The van der Waals surface area contributed by atoms with Crippen LogP contribution >= 0.6 is 0 Å². The molecule has 0 unspecified atom stereocenters. The Labute approximate surface area is 167 Å². The Morgan fingerprint density at radius 2 is 1.97 bits per heavy atom. The lowest BCUT2D eigenvalue weighted by Crippen LogP contribution is -2.41. The number of anilines is 1. The third-order valence-corrected chi connectivity index (χ3v) is 5.30. The fourth-order valence-electron chi connectivity index (χ4n) is 3.83. The number of aromatic carboxylic acids is 1. The minimum atomic E-state index is -1.37. The van der Waals surface area contributed by atoms with Gasteiger partial charge in [0.15, 0.2) is 0 Å². The second-order valence-corrected chi connectivity index (χ2v) is 8.96. The number of carboxylic acid groups (broad SMARTS) is 1. The molecule has 9 nitrogen and oxygen atoms in total. The van der Waals surface area contributed by atoms with Crippen LogP contribution in [0.25, 0.3) is 10.9 Å². The van der Waals surface area contributed by atoms with Gasteiger partial charge in [0.05, 0.1) is 28.0 Å². The highest BCUT2D eigenvalue weighted by atomic mass is 16.6. The van der Waals surface area contributed by atoms with E-state index >= 15 is 0 Å². The molecule has 1 saturated heterocycles. The van der Waals surface area contributed by atoms with Crippen LogP contribution in [0.5, 0.6) is 0 Å². The topological polar surface area (TPSA) is 115 Å². The van der Waals surface area contributed by atoms with Crippen molar-refractivity contribution < 1.29 is 19.6 Å². The van der Waals surface area contributed by atoms with Crippen molar-refractivity contribution in [2.45, 2.75) is 52.6 Å². The van der Waals surface area contributed by atoms with Gasteiger partial charge in [0, 0.05) is 23.4 Å². The number of aromatic nitrogens is 1. The molecule has 0 amide bonds. The number of ether oxygens (including phenoxy) is 1. The first-order valence-electron chi connectivity index (χ1n) is 9.24. The van der Waals surface area contributed by atoms with E-state index in [4.69, 9.17) is 4.74 Å². The summed E-state index contributed by atoms with van der Waals surface area (Å²) in [5, 5.41) is 21.4. The summed E-state index contributed by atoms with van der Waals surface area (Å²) in [4.78, 5) is 37.7. The number of fused-ring (bicyclic) bond motifs is 1. The van der Waals surface area contributed by atoms with Gasteiger partial charge in [-0.25, -0.2) is 4.79 Å². The predicted octanol–water partition coefficient (Wildman–Crippen LogP) is 3.24. The molecule has 0 atom stereocenters. The Morgan fingerprint density at radius 1 is 1.34 bits per heavy atom. The third kappa shape index (κ3) is 3.25. The molecule has 9 heteroatoms. The summed E-state index contributed by atoms with van der Waals surface area (Å²) in [7, 11) is 0. The average molecular weight is 403 g/mol. The van der Waals surface area contributed by atoms with Crippen molar-refractivity contribution in [3.05, 3.63) is 43.7 Å². The fraction of sp³-hybridized carbons (Fsp3) is 0.500. The van der Waals surface area contributed by atoms with Crippen molar-refractivity contribution in [2.75, 3.05) is 18.2 Å². The van der Waals surface area contributed by atoms with Crippen LogP contribution in [-0.2, 0) is 10.3 Å². The summed E-state index contributed by atoms with van der Waals surface area (Å²) in [5.74, 6) is -1.37. The summed E-state index contributed by atoms with van der Waals surface area (Å²) in [6.45, 7) is 11.8. The highest BCUT2D eigenvalue weighted by Gasteiger charge is 2.39. The standard InChI is InChI=1S/C20H25N3O6/c1-11-15-12(17(24)13(18(25)26)8-21(15)19(2,3)4)7-14(23(27)28)16(11)22-10-29-9-20(22,5)6/h7-8H,9-10H2,1-6H3,(H,25,26). The number of carboxylic acids is 1. The van der Waals surface area contributed by atoms with Crippen molar-refractivity contribution >= 4 is 28.2 Å².